The van der Waals surface area contributed by atoms with Crippen LogP contribution in [0.25, 0.3) is 0 Å². The number of aliphatic hydroxyl groups excluding tert-OH is 9. The highest BCUT2D eigenvalue weighted by atomic mass is 16.7. The molecule has 2 saturated heterocycles. The molecule has 0 bridgehead atoms. The predicted octanol–water partition coefficient (Wildman–Crippen LogP) is -5.71. The summed E-state index contributed by atoms with van der Waals surface area (Å²) in [7, 11) is 0. The van der Waals surface area contributed by atoms with Gasteiger partial charge in [0.15, 0.2) is 6.29 Å². The van der Waals surface area contributed by atoms with Gasteiger partial charge in [0.05, 0.1) is 38.0 Å². The van der Waals surface area contributed by atoms with Crippen molar-refractivity contribution in [3.05, 3.63) is 11.6 Å². The van der Waals surface area contributed by atoms with E-state index in [1.807, 2.05) is 0 Å². The maximum Gasteiger partial charge on any atom is 0.187 e. The lowest BCUT2D eigenvalue weighted by Gasteiger charge is -2.46. The summed E-state index contributed by atoms with van der Waals surface area (Å²) < 4.78 is 16.5. The van der Waals surface area contributed by atoms with Crippen molar-refractivity contribution in [3.63, 3.8) is 0 Å². The first-order chi connectivity index (χ1) is 15.1. The van der Waals surface area contributed by atoms with Crippen LogP contribution in [-0.4, -0.2) is 145 Å². The SMILES string of the molecule is CC1OC(OC2C(CO)OCC(O)C2O)C(O)C(O)C1NC1C=C(CO)C(O)C(O)C1O. The second-order valence-electron chi connectivity index (χ2n) is 8.45. The summed E-state index contributed by atoms with van der Waals surface area (Å²) in [6, 6.07) is -1.94. The molecule has 3 aliphatic rings. The van der Waals surface area contributed by atoms with E-state index in [9.17, 15) is 46.0 Å². The van der Waals surface area contributed by atoms with E-state index >= 15 is 0 Å². The van der Waals surface area contributed by atoms with Crippen molar-refractivity contribution in [1.82, 2.24) is 5.32 Å². The third-order valence-electron chi connectivity index (χ3n) is 6.28. The third-order valence-corrected chi connectivity index (χ3v) is 6.28. The van der Waals surface area contributed by atoms with E-state index in [-0.39, 0.29) is 12.2 Å². The zero-order valence-corrected chi connectivity index (χ0v) is 17.5. The standard InChI is InChI=1S/C19H33NO12/c1-6-11(20-8-2-7(3-21)12(24)16(28)13(8)25)15(27)17(29)19(31-6)32-18-10(4-22)30-5-9(23)14(18)26/h2,6,8-29H,3-5H2,1H3. The second-order valence-corrected chi connectivity index (χ2v) is 8.45. The molecule has 0 aromatic heterocycles. The molecule has 32 heavy (non-hydrogen) atoms. The summed E-state index contributed by atoms with van der Waals surface area (Å²) >= 11 is 0. The molecule has 3 rings (SSSR count). The molecule has 1 aliphatic carbocycles. The summed E-state index contributed by atoms with van der Waals surface area (Å²) in [6.45, 7) is 0.267. The molecule has 0 radical (unpaired) electrons. The Morgan fingerprint density at radius 1 is 0.969 bits per heavy atom. The first kappa shape index (κ1) is 25.8. The fourth-order valence-corrected chi connectivity index (χ4v) is 4.27. The van der Waals surface area contributed by atoms with Gasteiger partial charge < -0.3 is 65.5 Å². The third kappa shape index (κ3) is 5.00. The number of ether oxygens (including phenoxy) is 3. The van der Waals surface area contributed by atoms with E-state index in [2.05, 4.69) is 5.32 Å². The zero-order valence-electron chi connectivity index (χ0n) is 17.5. The van der Waals surface area contributed by atoms with E-state index in [0.717, 1.165) is 0 Å². The smallest absolute Gasteiger partial charge is 0.187 e. The maximum atomic E-state index is 10.7. The van der Waals surface area contributed by atoms with Gasteiger partial charge in [-0.15, -0.1) is 0 Å². The van der Waals surface area contributed by atoms with Crippen molar-refractivity contribution in [2.24, 2.45) is 0 Å². The van der Waals surface area contributed by atoms with Crippen molar-refractivity contribution >= 4 is 0 Å². The number of nitrogens with one attached hydrogen (secondary N) is 1. The molecule has 0 aromatic carbocycles. The largest absolute Gasteiger partial charge is 0.394 e. The van der Waals surface area contributed by atoms with Gasteiger partial charge in [-0.2, -0.15) is 0 Å². The molecule has 13 nitrogen and oxygen atoms in total. The number of rotatable bonds is 6. The Labute approximate surface area is 184 Å². The minimum atomic E-state index is -1.63. The van der Waals surface area contributed by atoms with Gasteiger partial charge in [0.2, 0.25) is 0 Å². The zero-order chi connectivity index (χ0) is 23.7. The molecule has 13 unspecified atom stereocenters. The van der Waals surface area contributed by atoms with Crippen molar-refractivity contribution in [1.29, 1.82) is 0 Å². The van der Waals surface area contributed by atoms with Gasteiger partial charge in [0.25, 0.3) is 0 Å². The Morgan fingerprint density at radius 3 is 2.28 bits per heavy atom. The molecular weight excluding hydrogens is 434 g/mol. The maximum absolute atomic E-state index is 10.7. The quantitative estimate of drug-likeness (QED) is 0.165. The van der Waals surface area contributed by atoms with Crippen LogP contribution in [-0.2, 0) is 14.2 Å². The normalized spacial score (nSPS) is 50.2. The van der Waals surface area contributed by atoms with E-state index in [4.69, 9.17) is 14.2 Å². The number of aliphatic hydroxyl groups is 9. The van der Waals surface area contributed by atoms with Crippen LogP contribution in [0.1, 0.15) is 6.92 Å². The molecule has 13 heteroatoms. The number of hydrogen-bond acceptors (Lipinski definition) is 13. The van der Waals surface area contributed by atoms with E-state index in [0.29, 0.717) is 0 Å². The van der Waals surface area contributed by atoms with E-state index < -0.39 is 92.6 Å². The first-order valence-corrected chi connectivity index (χ1v) is 10.5. The van der Waals surface area contributed by atoms with Crippen LogP contribution < -0.4 is 5.32 Å². The fraction of sp³-hybridized carbons (Fsp3) is 0.895. The molecule has 13 atom stereocenters. The van der Waals surface area contributed by atoms with Gasteiger partial charge in [0.1, 0.15) is 54.9 Å². The van der Waals surface area contributed by atoms with E-state index in [1.165, 1.54) is 6.08 Å². The second kappa shape index (κ2) is 10.7. The monoisotopic (exact) mass is 467 g/mol. The number of hydrogen-bond donors (Lipinski definition) is 10. The van der Waals surface area contributed by atoms with Crippen LogP contribution >= 0.6 is 0 Å². The van der Waals surface area contributed by atoms with Crippen molar-refractivity contribution in [2.75, 3.05) is 19.8 Å². The van der Waals surface area contributed by atoms with Crippen LogP contribution in [0.5, 0.6) is 0 Å². The van der Waals surface area contributed by atoms with E-state index in [1.54, 1.807) is 6.92 Å². The van der Waals surface area contributed by atoms with Gasteiger partial charge >= 0.3 is 0 Å². The Hall–Kier alpha value is -0.780. The summed E-state index contributed by atoms with van der Waals surface area (Å²) in [5, 5.41) is 93.1. The fourth-order valence-electron chi connectivity index (χ4n) is 4.27. The van der Waals surface area contributed by atoms with Crippen LogP contribution in [0.3, 0.4) is 0 Å². The van der Waals surface area contributed by atoms with Crippen LogP contribution in [0.15, 0.2) is 11.6 Å². The van der Waals surface area contributed by atoms with Gasteiger partial charge in [-0.05, 0) is 12.5 Å². The van der Waals surface area contributed by atoms with Crippen LogP contribution in [0.4, 0.5) is 0 Å². The Kier molecular flexibility index (Phi) is 8.60. The Morgan fingerprint density at radius 2 is 1.66 bits per heavy atom. The average molecular weight is 467 g/mol. The highest BCUT2D eigenvalue weighted by Gasteiger charge is 2.49. The highest BCUT2D eigenvalue weighted by molar-refractivity contribution is 5.22. The first-order valence-electron chi connectivity index (χ1n) is 10.5. The predicted molar refractivity (Wildman–Crippen MR) is 104 cm³/mol. The van der Waals surface area contributed by atoms with Gasteiger partial charge in [0, 0.05) is 0 Å². The molecule has 0 saturated carbocycles. The van der Waals surface area contributed by atoms with Gasteiger partial charge in [-0.1, -0.05) is 6.08 Å². The van der Waals surface area contributed by atoms with Crippen LogP contribution in [0.2, 0.25) is 0 Å². The molecule has 0 amide bonds. The lowest BCUT2D eigenvalue weighted by atomic mass is 9.86. The molecule has 10 N–H and O–H groups in total. The summed E-state index contributed by atoms with van der Waals surface area (Å²) in [5.41, 5.74) is 0.0841. The minimum absolute atomic E-state index is 0.0841. The molecular formula is C19H33NO12. The molecule has 2 heterocycles. The topological polar surface area (TPSA) is 222 Å². The molecule has 186 valence electrons. The van der Waals surface area contributed by atoms with Gasteiger partial charge in [-0.25, -0.2) is 0 Å². The van der Waals surface area contributed by atoms with Crippen molar-refractivity contribution < 1.29 is 60.2 Å². The van der Waals surface area contributed by atoms with Crippen molar-refractivity contribution in [3.8, 4) is 0 Å². The minimum Gasteiger partial charge on any atom is -0.394 e. The summed E-state index contributed by atoms with van der Waals surface area (Å²) in [4.78, 5) is 0. The average Bonchev–Trinajstić information content (AvgIpc) is 2.77. The summed E-state index contributed by atoms with van der Waals surface area (Å²) in [5.74, 6) is 0. The Balaban J connectivity index is 1.70. The van der Waals surface area contributed by atoms with Gasteiger partial charge in [-0.3, -0.25) is 0 Å². The summed E-state index contributed by atoms with van der Waals surface area (Å²) in [6.07, 6.45) is -13.5. The molecule has 2 aliphatic heterocycles. The van der Waals surface area contributed by atoms with Crippen LogP contribution in [0, 0.1) is 0 Å². The highest BCUT2D eigenvalue weighted by Crippen LogP contribution is 2.28. The molecule has 2 fully saturated rings. The lowest BCUT2D eigenvalue weighted by molar-refractivity contribution is -0.320. The lowest BCUT2D eigenvalue weighted by Crippen LogP contribution is -2.67. The molecule has 0 aromatic rings. The Bertz CT molecular complexity index is 650. The molecule has 0 spiro atoms. The van der Waals surface area contributed by atoms with Crippen molar-refractivity contribution in [2.45, 2.75) is 86.3 Å².